The SMILES string of the molecule is COc1cc(CNCC2CC2)cc([N+](=O)[O-])c1. The molecule has 1 aromatic carbocycles. The van der Waals surface area contributed by atoms with Crippen molar-refractivity contribution >= 4 is 5.69 Å². The van der Waals surface area contributed by atoms with Gasteiger partial charge in [-0.3, -0.25) is 10.1 Å². The van der Waals surface area contributed by atoms with Crippen LogP contribution in [0.15, 0.2) is 18.2 Å². The maximum Gasteiger partial charge on any atom is 0.273 e. The highest BCUT2D eigenvalue weighted by Crippen LogP contribution is 2.28. The smallest absolute Gasteiger partial charge is 0.273 e. The van der Waals surface area contributed by atoms with Crippen LogP contribution in [0.1, 0.15) is 18.4 Å². The molecular weight excluding hydrogens is 220 g/mol. The summed E-state index contributed by atoms with van der Waals surface area (Å²) in [6.45, 7) is 1.64. The molecule has 92 valence electrons. The molecule has 0 amide bonds. The van der Waals surface area contributed by atoms with Crippen LogP contribution >= 0.6 is 0 Å². The van der Waals surface area contributed by atoms with Crippen molar-refractivity contribution in [2.45, 2.75) is 19.4 Å². The van der Waals surface area contributed by atoms with Crippen molar-refractivity contribution < 1.29 is 9.66 Å². The van der Waals surface area contributed by atoms with E-state index >= 15 is 0 Å². The predicted molar refractivity (Wildman–Crippen MR) is 64.1 cm³/mol. The van der Waals surface area contributed by atoms with E-state index in [0.29, 0.717) is 12.3 Å². The van der Waals surface area contributed by atoms with Gasteiger partial charge in [-0.2, -0.15) is 0 Å². The van der Waals surface area contributed by atoms with Crippen molar-refractivity contribution in [1.82, 2.24) is 5.32 Å². The fourth-order valence-corrected chi connectivity index (χ4v) is 1.71. The molecule has 1 aromatic rings. The lowest BCUT2D eigenvalue weighted by molar-refractivity contribution is -0.385. The zero-order chi connectivity index (χ0) is 12.3. The predicted octanol–water partition coefficient (Wildman–Crippen LogP) is 2.10. The number of nitro benzene ring substituents is 1. The number of rotatable bonds is 6. The van der Waals surface area contributed by atoms with Gasteiger partial charge in [0.05, 0.1) is 18.1 Å². The molecule has 0 bridgehead atoms. The number of hydrogen-bond donors (Lipinski definition) is 1. The molecule has 0 aliphatic heterocycles. The Morgan fingerprint density at radius 2 is 2.24 bits per heavy atom. The molecule has 0 aromatic heterocycles. The van der Waals surface area contributed by atoms with Gasteiger partial charge in [0.15, 0.2) is 0 Å². The van der Waals surface area contributed by atoms with E-state index in [-0.39, 0.29) is 5.69 Å². The lowest BCUT2D eigenvalue weighted by Crippen LogP contribution is -2.16. The van der Waals surface area contributed by atoms with Crippen LogP contribution in [0.3, 0.4) is 0 Å². The van der Waals surface area contributed by atoms with E-state index in [1.807, 2.05) is 6.07 Å². The summed E-state index contributed by atoms with van der Waals surface area (Å²) < 4.78 is 5.05. The van der Waals surface area contributed by atoms with Gasteiger partial charge >= 0.3 is 0 Å². The number of nitrogens with zero attached hydrogens (tertiary/aromatic N) is 1. The number of benzene rings is 1. The van der Waals surface area contributed by atoms with E-state index < -0.39 is 4.92 Å². The molecule has 1 saturated carbocycles. The molecule has 5 nitrogen and oxygen atoms in total. The van der Waals surface area contributed by atoms with Crippen LogP contribution in [-0.4, -0.2) is 18.6 Å². The third-order valence-corrected chi connectivity index (χ3v) is 2.86. The second-order valence-corrected chi connectivity index (χ2v) is 4.37. The number of nitrogens with one attached hydrogen (secondary N) is 1. The first kappa shape index (κ1) is 11.9. The van der Waals surface area contributed by atoms with E-state index in [4.69, 9.17) is 4.74 Å². The minimum absolute atomic E-state index is 0.0765. The standard InChI is InChI=1S/C12H16N2O3/c1-17-12-5-10(4-11(6-12)14(15)16)8-13-7-9-2-3-9/h4-6,9,13H,2-3,7-8H2,1H3. The lowest BCUT2D eigenvalue weighted by atomic mass is 10.2. The van der Waals surface area contributed by atoms with Crippen LogP contribution in [0.4, 0.5) is 5.69 Å². The van der Waals surface area contributed by atoms with Crippen LogP contribution in [0.25, 0.3) is 0 Å². The van der Waals surface area contributed by atoms with Gasteiger partial charge in [-0.15, -0.1) is 0 Å². The molecule has 0 atom stereocenters. The first-order valence-electron chi connectivity index (χ1n) is 5.72. The Morgan fingerprint density at radius 3 is 2.82 bits per heavy atom. The van der Waals surface area contributed by atoms with Crippen molar-refractivity contribution in [2.24, 2.45) is 5.92 Å². The van der Waals surface area contributed by atoms with Crippen LogP contribution in [0.2, 0.25) is 0 Å². The average molecular weight is 236 g/mol. The van der Waals surface area contributed by atoms with Gasteiger partial charge in [-0.05, 0) is 36.9 Å². The Morgan fingerprint density at radius 1 is 1.47 bits per heavy atom. The highest BCUT2D eigenvalue weighted by molar-refractivity contribution is 5.42. The average Bonchev–Trinajstić information content (AvgIpc) is 3.12. The molecule has 1 N–H and O–H groups in total. The third-order valence-electron chi connectivity index (χ3n) is 2.86. The summed E-state index contributed by atoms with van der Waals surface area (Å²) in [4.78, 5) is 10.3. The second kappa shape index (κ2) is 5.14. The number of non-ortho nitro benzene ring substituents is 1. The molecule has 1 aliphatic carbocycles. The Labute approximate surface area is 99.9 Å². The minimum Gasteiger partial charge on any atom is -0.496 e. The molecule has 0 unspecified atom stereocenters. The first-order valence-corrected chi connectivity index (χ1v) is 5.72. The van der Waals surface area contributed by atoms with Crippen LogP contribution < -0.4 is 10.1 Å². The van der Waals surface area contributed by atoms with Crippen LogP contribution in [0.5, 0.6) is 5.75 Å². The van der Waals surface area contributed by atoms with Gasteiger partial charge in [0.25, 0.3) is 5.69 Å². The third kappa shape index (κ3) is 3.42. The van der Waals surface area contributed by atoms with E-state index in [1.165, 1.54) is 26.0 Å². The number of ether oxygens (including phenoxy) is 1. The van der Waals surface area contributed by atoms with Gasteiger partial charge in [0, 0.05) is 12.6 Å². The van der Waals surface area contributed by atoms with E-state index in [0.717, 1.165) is 18.0 Å². The van der Waals surface area contributed by atoms with E-state index in [9.17, 15) is 10.1 Å². The maximum absolute atomic E-state index is 10.7. The second-order valence-electron chi connectivity index (χ2n) is 4.37. The maximum atomic E-state index is 10.7. The molecule has 0 saturated heterocycles. The summed E-state index contributed by atoms with van der Waals surface area (Å²) in [5.74, 6) is 1.33. The Kier molecular flexibility index (Phi) is 3.58. The number of methoxy groups -OCH3 is 1. The molecule has 5 heteroatoms. The summed E-state index contributed by atoms with van der Waals surface area (Å²) in [5.41, 5.74) is 0.962. The van der Waals surface area contributed by atoms with Crippen molar-refractivity contribution in [2.75, 3.05) is 13.7 Å². The Bertz CT molecular complexity index is 416. The minimum atomic E-state index is -0.396. The van der Waals surface area contributed by atoms with E-state index in [1.54, 1.807) is 6.07 Å². The van der Waals surface area contributed by atoms with Crippen molar-refractivity contribution in [3.63, 3.8) is 0 Å². The quantitative estimate of drug-likeness (QED) is 0.607. The van der Waals surface area contributed by atoms with Gasteiger partial charge in [0.1, 0.15) is 5.75 Å². The molecule has 0 radical (unpaired) electrons. The summed E-state index contributed by atoms with van der Waals surface area (Å²) in [6, 6.07) is 4.85. The molecular formula is C12H16N2O3. The molecule has 0 heterocycles. The van der Waals surface area contributed by atoms with Gasteiger partial charge in [0.2, 0.25) is 0 Å². The molecule has 2 rings (SSSR count). The zero-order valence-corrected chi connectivity index (χ0v) is 9.81. The molecule has 1 fully saturated rings. The highest BCUT2D eigenvalue weighted by Gasteiger charge is 2.20. The number of nitro groups is 1. The molecule has 0 spiro atoms. The fourth-order valence-electron chi connectivity index (χ4n) is 1.71. The molecule has 1 aliphatic rings. The van der Waals surface area contributed by atoms with Gasteiger partial charge in [-0.1, -0.05) is 0 Å². The zero-order valence-electron chi connectivity index (χ0n) is 9.81. The number of hydrogen-bond acceptors (Lipinski definition) is 4. The highest BCUT2D eigenvalue weighted by atomic mass is 16.6. The van der Waals surface area contributed by atoms with Crippen molar-refractivity contribution in [1.29, 1.82) is 0 Å². The molecule has 17 heavy (non-hydrogen) atoms. The largest absolute Gasteiger partial charge is 0.496 e. The van der Waals surface area contributed by atoms with Gasteiger partial charge < -0.3 is 10.1 Å². The Hall–Kier alpha value is -1.62. The first-order chi connectivity index (χ1) is 8.19. The summed E-state index contributed by atoms with van der Waals surface area (Å²) in [7, 11) is 1.51. The lowest BCUT2D eigenvalue weighted by Gasteiger charge is -2.06. The van der Waals surface area contributed by atoms with Crippen molar-refractivity contribution in [3.05, 3.63) is 33.9 Å². The summed E-state index contributed by atoms with van der Waals surface area (Å²) in [5, 5.41) is 14.0. The van der Waals surface area contributed by atoms with E-state index in [2.05, 4.69) is 5.32 Å². The monoisotopic (exact) mass is 236 g/mol. The van der Waals surface area contributed by atoms with Crippen LogP contribution in [-0.2, 0) is 6.54 Å². The van der Waals surface area contributed by atoms with Crippen molar-refractivity contribution in [3.8, 4) is 5.75 Å². The topological polar surface area (TPSA) is 64.4 Å². The van der Waals surface area contributed by atoms with Gasteiger partial charge in [-0.25, -0.2) is 0 Å². The summed E-state index contributed by atoms with van der Waals surface area (Å²) in [6.07, 6.45) is 2.59. The summed E-state index contributed by atoms with van der Waals surface area (Å²) >= 11 is 0. The normalized spacial score (nSPS) is 14.6. The Balaban J connectivity index is 2.02. The van der Waals surface area contributed by atoms with Crippen LogP contribution in [0, 0.1) is 16.0 Å². The fraction of sp³-hybridized carbons (Fsp3) is 0.500.